The van der Waals surface area contributed by atoms with Gasteiger partial charge in [-0.1, -0.05) is 115 Å². The molecule has 0 aliphatic heterocycles. The first-order valence-corrected chi connectivity index (χ1v) is 13.0. The van der Waals surface area contributed by atoms with E-state index in [1.165, 1.54) is 0 Å². The Morgan fingerprint density at radius 2 is 1.02 bits per heavy atom. The molecule has 0 aliphatic carbocycles. The van der Waals surface area contributed by atoms with Gasteiger partial charge in [-0.2, -0.15) is 26.3 Å². The fraction of sp³-hybridized carbons (Fsp3) is 0.0690. The Bertz CT molecular complexity index is 1430. The summed E-state index contributed by atoms with van der Waals surface area (Å²) in [6.45, 7) is 0. The van der Waals surface area contributed by atoms with Crippen molar-refractivity contribution in [3.05, 3.63) is 127 Å². The van der Waals surface area contributed by atoms with E-state index in [1.807, 2.05) is 97.1 Å². The topological polar surface area (TPSA) is 54.4 Å². The van der Waals surface area contributed by atoms with Crippen LogP contribution in [0.1, 0.15) is 0 Å². The summed E-state index contributed by atoms with van der Waals surface area (Å²) in [6, 6.07) is 37.8. The van der Waals surface area contributed by atoms with Crippen LogP contribution in [0, 0.1) is 49.4 Å². The standard InChI is InChI=1S/C24H19OP.C5H2F6O2.Eu/c25-26(21-14-6-2-7-15-21,22-16-8-3-9-17-22)24-19-11-10-18-23(24)20-12-4-1-5-13-20;6-4(7,8)2(12)1-3(13)5(9,10)11;/h1-19H;1,12H;/b;2-1-;. The molecule has 4 rings (SSSR count). The summed E-state index contributed by atoms with van der Waals surface area (Å²) >= 11 is 0. The number of carbonyl (C=O) groups excluding carboxylic acids is 1. The van der Waals surface area contributed by atoms with Gasteiger partial charge in [0.05, 0.1) is 0 Å². The Kier molecular flexibility index (Phi) is 12.1. The van der Waals surface area contributed by atoms with E-state index in [0.717, 1.165) is 27.0 Å². The molecular weight excluding hydrogens is 693 g/mol. The van der Waals surface area contributed by atoms with Gasteiger partial charge in [0.1, 0.15) is 0 Å². The van der Waals surface area contributed by atoms with Crippen LogP contribution < -0.4 is 15.9 Å². The number of aliphatic hydroxyl groups is 1. The maximum Gasteiger partial charge on any atom is 0.454 e. The third-order valence-electron chi connectivity index (χ3n) is 5.41. The van der Waals surface area contributed by atoms with Gasteiger partial charge in [0.25, 0.3) is 5.78 Å². The normalized spacial score (nSPS) is 12.0. The summed E-state index contributed by atoms with van der Waals surface area (Å²) in [6.07, 6.45) is -11.7. The van der Waals surface area contributed by atoms with Crippen molar-refractivity contribution in [2.75, 3.05) is 0 Å². The molecule has 0 amide bonds. The van der Waals surface area contributed by atoms with Crippen molar-refractivity contribution in [1.82, 2.24) is 0 Å². The van der Waals surface area contributed by atoms with Gasteiger partial charge in [-0.25, -0.2) is 0 Å². The monoisotopic (exact) mass is 715 g/mol. The first-order chi connectivity index (χ1) is 18.3. The van der Waals surface area contributed by atoms with E-state index in [-0.39, 0.29) is 49.4 Å². The van der Waals surface area contributed by atoms with Crippen LogP contribution in [0.5, 0.6) is 0 Å². The molecule has 0 unspecified atom stereocenters. The molecule has 3 nitrogen and oxygen atoms in total. The van der Waals surface area contributed by atoms with Gasteiger partial charge < -0.3 is 9.67 Å². The van der Waals surface area contributed by atoms with Gasteiger partial charge >= 0.3 is 12.4 Å². The smallest absolute Gasteiger partial charge is 0.454 e. The summed E-state index contributed by atoms with van der Waals surface area (Å²) in [5.41, 5.74) is 2.10. The molecule has 0 saturated heterocycles. The number of hydrogen-bond donors (Lipinski definition) is 1. The Hall–Kier alpha value is -2.52. The fourth-order valence-electron chi connectivity index (χ4n) is 3.60. The predicted molar refractivity (Wildman–Crippen MR) is 139 cm³/mol. The molecule has 0 aliphatic rings. The summed E-state index contributed by atoms with van der Waals surface area (Å²) < 4.78 is 82.7. The molecule has 0 bridgehead atoms. The van der Waals surface area contributed by atoms with E-state index in [9.17, 15) is 35.7 Å². The number of halogens is 6. The minimum atomic E-state index is -5.42. The van der Waals surface area contributed by atoms with Crippen molar-refractivity contribution in [1.29, 1.82) is 0 Å². The van der Waals surface area contributed by atoms with Crippen LogP contribution >= 0.6 is 7.14 Å². The Morgan fingerprint density at radius 1 is 0.625 bits per heavy atom. The number of aliphatic hydroxyl groups excluding tert-OH is 1. The molecule has 0 heterocycles. The zero-order valence-electron chi connectivity index (χ0n) is 20.4. The molecule has 4 aromatic rings. The van der Waals surface area contributed by atoms with Crippen molar-refractivity contribution in [2.45, 2.75) is 12.4 Å². The molecule has 1 radical (unpaired) electrons. The van der Waals surface area contributed by atoms with E-state index < -0.39 is 37.1 Å². The van der Waals surface area contributed by atoms with Crippen LogP contribution in [-0.4, -0.2) is 23.2 Å². The van der Waals surface area contributed by atoms with E-state index in [4.69, 9.17) is 5.11 Å². The number of rotatable bonds is 5. The van der Waals surface area contributed by atoms with Crippen LogP contribution in [0.25, 0.3) is 11.1 Å². The van der Waals surface area contributed by atoms with E-state index in [0.29, 0.717) is 0 Å². The number of hydrogen-bond acceptors (Lipinski definition) is 3. The van der Waals surface area contributed by atoms with Crippen LogP contribution in [0.4, 0.5) is 26.3 Å². The molecule has 0 atom stereocenters. The molecule has 0 fully saturated rings. The van der Waals surface area contributed by atoms with Gasteiger partial charge in [-0.3, -0.25) is 4.79 Å². The number of benzene rings is 4. The Balaban J connectivity index is 0.000000344. The minimum absolute atomic E-state index is 0. The second-order valence-corrected chi connectivity index (χ2v) is 10.8. The Morgan fingerprint density at radius 3 is 1.45 bits per heavy atom. The molecule has 209 valence electrons. The molecule has 4 aromatic carbocycles. The fourth-order valence-corrected chi connectivity index (χ4v) is 6.48. The van der Waals surface area contributed by atoms with Crippen LogP contribution in [0.2, 0.25) is 0 Å². The van der Waals surface area contributed by atoms with E-state index in [2.05, 4.69) is 18.2 Å². The largest absolute Gasteiger partial charge is 0.504 e. The molecular formula is C29H21EuF6O3P. The quantitative estimate of drug-likeness (QED) is 0.104. The average molecular weight is 714 g/mol. The van der Waals surface area contributed by atoms with Crippen molar-refractivity contribution in [2.24, 2.45) is 0 Å². The number of ketones is 1. The van der Waals surface area contributed by atoms with Gasteiger partial charge in [0, 0.05) is 71.4 Å². The van der Waals surface area contributed by atoms with Gasteiger partial charge in [-0.05, 0) is 11.1 Å². The number of carbonyl (C=O) groups is 1. The summed E-state index contributed by atoms with van der Waals surface area (Å²) in [4.78, 5) is 9.86. The van der Waals surface area contributed by atoms with Crippen LogP contribution in [-0.2, 0) is 9.36 Å². The summed E-state index contributed by atoms with van der Waals surface area (Å²) in [7, 11) is -2.98. The van der Waals surface area contributed by atoms with Crippen molar-refractivity contribution < 1.29 is 90.2 Å². The maximum atomic E-state index is 14.6. The Labute approximate surface area is 267 Å². The number of allylic oxidation sites excluding steroid dienone is 2. The zero-order chi connectivity index (χ0) is 28.7. The average Bonchev–Trinajstić information content (AvgIpc) is 2.93. The van der Waals surface area contributed by atoms with Crippen molar-refractivity contribution >= 4 is 28.8 Å². The van der Waals surface area contributed by atoms with E-state index in [1.54, 1.807) is 0 Å². The second-order valence-electron chi connectivity index (χ2n) is 8.05. The maximum absolute atomic E-state index is 14.6. The number of alkyl halides is 6. The predicted octanol–water partition coefficient (Wildman–Crippen LogP) is 7.12. The molecule has 40 heavy (non-hydrogen) atoms. The van der Waals surface area contributed by atoms with E-state index >= 15 is 0 Å². The van der Waals surface area contributed by atoms with Gasteiger partial charge in [-0.15, -0.1) is 0 Å². The molecule has 11 heteroatoms. The third-order valence-corrected chi connectivity index (χ3v) is 8.52. The first kappa shape index (κ1) is 33.7. The third kappa shape index (κ3) is 8.49. The second kappa shape index (κ2) is 14.4. The van der Waals surface area contributed by atoms with Crippen molar-refractivity contribution in [3.8, 4) is 11.1 Å². The van der Waals surface area contributed by atoms with Crippen LogP contribution in [0.3, 0.4) is 0 Å². The molecule has 0 saturated carbocycles. The van der Waals surface area contributed by atoms with Gasteiger partial charge in [0.2, 0.25) is 5.76 Å². The molecule has 1 N–H and O–H groups in total. The SMILES string of the molecule is O=C(/C=C(\O)C(F)(F)F)C(F)(F)F.O=P(c1ccccc1)(c1ccccc1)c1ccccc1-c1ccccc1.[Eu]. The van der Waals surface area contributed by atoms with Crippen LogP contribution in [0.15, 0.2) is 127 Å². The molecule has 0 spiro atoms. The summed E-state index contributed by atoms with van der Waals surface area (Å²) in [5, 5.41) is 10.5. The minimum Gasteiger partial charge on any atom is -0.504 e. The first-order valence-electron chi connectivity index (χ1n) is 11.3. The van der Waals surface area contributed by atoms with Crippen molar-refractivity contribution in [3.63, 3.8) is 0 Å². The summed E-state index contributed by atoms with van der Waals surface area (Å²) in [5.74, 6) is -5.34. The van der Waals surface area contributed by atoms with Gasteiger partial charge in [0.15, 0.2) is 7.14 Å². The zero-order valence-corrected chi connectivity index (χ0v) is 23.7. The molecule has 0 aromatic heterocycles.